The Balaban J connectivity index is 0. The molecule has 0 aromatic carbocycles. The van der Waals surface area contributed by atoms with E-state index in [9.17, 15) is 0 Å². The first kappa shape index (κ1) is 18.9. The van der Waals surface area contributed by atoms with Gasteiger partial charge >= 0.3 is 21.7 Å². The molecule has 0 spiro atoms. The first-order valence-corrected chi connectivity index (χ1v) is 5.63. The van der Waals surface area contributed by atoms with Crippen LogP contribution in [0.15, 0.2) is 17.7 Å². The van der Waals surface area contributed by atoms with Crippen molar-refractivity contribution in [2.45, 2.75) is 27.2 Å². The van der Waals surface area contributed by atoms with Gasteiger partial charge in [0.2, 0.25) is 0 Å². The third kappa shape index (κ3) is 3.79. The molecule has 1 heterocycles. The van der Waals surface area contributed by atoms with Crippen LogP contribution >= 0.6 is 8.19 Å². The topological polar surface area (TPSA) is 0 Å². The van der Waals surface area contributed by atoms with Crippen LogP contribution in [0.2, 0.25) is 0 Å². The zero-order chi connectivity index (χ0) is 9.42. The summed E-state index contributed by atoms with van der Waals surface area (Å²) in [6, 6.07) is 3.41. The predicted molar refractivity (Wildman–Crippen MR) is 60.6 cm³/mol. The Morgan fingerprint density at radius 3 is 2.19 bits per heavy atom. The third-order valence-electron chi connectivity index (χ3n) is 2.53. The molecule has 0 saturated carbocycles. The molecule has 1 atom stereocenters. The fraction of sp³-hybridized carbons (Fsp3) is 0.333. The van der Waals surface area contributed by atoms with E-state index in [0.29, 0.717) is 0 Å². The fourth-order valence-corrected chi connectivity index (χ4v) is 3.20. The monoisotopic (exact) mass is 307 g/mol. The Morgan fingerprint density at radius 1 is 1.19 bits per heavy atom. The van der Waals surface area contributed by atoms with Crippen LogP contribution < -0.4 is 24.8 Å². The molecule has 0 fully saturated rings. The van der Waals surface area contributed by atoms with Gasteiger partial charge < -0.3 is 24.8 Å². The number of allylic oxidation sites excluding steroid dienone is 4. The normalized spacial score (nSPS) is 13.4. The van der Waals surface area contributed by atoms with E-state index in [-0.39, 0.29) is 46.5 Å². The quantitative estimate of drug-likeness (QED) is 0.411. The number of hydrogen-bond donors (Lipinski definition) is 0. The van der Waals surface area contributed by atoms with E-state index in [1.165, 1.54) is 16.4 Å². The molecule has 0 bridgehead atoms. The summed E-state index contributed by atoms with van der Waals surface area (Å²) in [6.45, 7) is 6.56. The van der Waals surface area contributed by atoms with Gasteiger partial charge in [0.1, 0.15) is 0 Å². The maximum absolute atomic E-state index is 3.41. The van der Waals surface area contributed by atoms with Crippen LogP contribution in [0.4, 0.5) is 0 Å². The molecule has 16 heavy (non-hydrogen) atoms. The maximum Gasteiger partial charge on any atom is 3.00 e. The summed E-state index contributed by atoms with van der Waals surface area (Å²) >= 11 is 0. The molecule has 4 heteroatoms. The first-order valence-electron chi connectivity index (χ1n) is 4.63. The van der Waals surface area contributed by atoms with Gasteiger partial charge in [-0.2, -0.15) is 5.30 Å². The van der Waals surface area contributed by atoms with Crippen LogP contribution in [0.25, 0.3) is 5.57 Å². The van der Waals surface area contributed by atoms with Crippen molar-refractivity contribution in [2.75, 3.05) is 0 Å². The molecular weight excluding hydrogens is 294 g/mol. The Labute approximate surface area is 127 Å². The Kier molecular flexibility index (Phi) is 9.22. The number of hydrogen-bond acceptors (Lipinski definition) is 0. The first-order chi connectivity index (χ1) is 6.18. The smallest absolute Gasteiger partial charge is 1.00 e. The number of halogens is 2. The second kappa shape index (κ2) is 7.80. The van der Waals surface area contributed by atoms with Crippen molar-refractivity contribution in [3.8, 4) is 0 Å². The van der Waals surface area contributed by atoms with Gasteiger partial charge in [-0.15, -0.1) is 10.9 Å². The van der Waals surface area contributed by atoms with Crippen LogP contribution in [-0.4, -0.2) is 0 Å². The van der Waals surface area contributed by atoms with Gasteiger partial charge in [0.25, 0.3) is 0 Å². The van der Waals surface area contributed by atoms with Gasteiger partial charge in [0, 0.05) is 0 Å². The minimum Gasteiger partial charge on any atom is -1.00 e. The summed E-state index contributed by atoms with van der Waals surface area (Å²) in [5, 5.41) is 2.94. The second-order valence-corrected chi connectivity index (χ2v) is 5.14. The van der Waals surface area contributed by atoms with Crippen molar-refractivity contribution < 1.29 is 46.5 Å². The summed E-state index contributed by atoms with van der Waals surface area (Å²) in [5.74, 6) is 0. The largest absolute Gasteiger partial charge is 3.00 e. The SMILES string of the molecule is CC1=C(c2[pH]c(C)[c-]c2C)CC=C1.[Cl-].[Cl-].[Ti+3]. The van der Waals surface area contributed by atoms with Gasteiger partial charge in [0.15, 0.2) is 0 Å². The summed E-state index contributed by atoms with van der Waals surface area (Å²) in [6.07, 6.45) is 5.61. The van der Waals surface area contributed by atoms with E-state index in [2.05, 4.69) is 39.0 Å². The van der Waals surface area contributed by atoms with Crippen LogP contribution in [0.5, 0.6) is 0 Å². The minimum absolute atomic E-state index is 0. The fourth-order valence-electron chi connectivity index (χ4n) is 1.87. The van der Waals surface area contributed by atoms with Crippen LogP contribution in [-0.2, 0) is 21.7 Å². The molecule has 1 aliphatic carbocycles. The van der Waals surface area contributed by atoms with E-state index in [0.717, 1.165) is 14.6 Å². The molecule has 0 aliphatic heterocycles. The molecule has 1 radical (unpaired) electrons. The molecule has 1 aromatic rings. The van der Waals surface area contributed by atoms with Crippen LogP contribution in [0.3, 0.4) is 0 Å². The van der Waals surface area contributed by atoms with Gasteiger partial charge in [-0.3, -0.25) is 0 Å². The molecule has 1 unspecified atom stereocenters. The third-order valence-corrected chi connectivity index (χ3v) is 3.96. The number of rotatable bonds is 1. The van der Waals surface area contributed by atoms with Crippen molar-refractivity contribution in [1.82, 2.24) is 0 Å². The average Bonchev–Trinajstić information content (AvgIpc) is 2.58. The molecule has 0 amide bonds. The van der Waals surface area contributed by atoms with E-state index in [1.807, 2.05) is 0 Å². The molecule has 85 valence electrons. The standard InChI is InChI=1S/C12H14P.2ClH.Ti/c1-8-5-4-6-11(8)12-9(2)7-10(3)13-12;;;/h4-5,13H,6H2,1-3H3;2*1H;/q-1;;;+3/p-2. The average molecular weight is 308 g/mol. The Morgan fingerprint density at radius 2 is 1.81 bits per heavy atom. The minimum atomic E-state index is 0. The molecule has 2 rings (SSSR count). The zero-order valence-electron chi connectivity index (χ0n) is 9.62. The van der Waals surface area contributed by atoms with Crippen molar-refractivity contribution in [3.05, 3.63) is 39.9 Å². The molecule has 0 nitrogen and oxygen atoms in total. The van der Waals surface area contributed by atoms with Crippen LogP contribution in [0, 0.1) is 19.9 Å². The maximum atomic E-state index is 3.41. The molecule has 1 aromatic heterocycles. The van der Waals surface area contributed by atoms with Gasteiger partial charge in [-0.25, -0.2) is 19.8 Å². The molecule has 0 N–H and O–H groups in total. The summed E-state index contributed by atoms with van der Waals surface area (Å²) < 4.78 is 0. The van der Waals surface area contributed by atoms with Gasteiger partial charge in [-0.1, -0.05) is 31.6 Å². The van der Waals surface area contributed by atoms with Crippen LogP contribution in [0.1, 0.15) is 29.5 Å². The van der Waals surface area contributed by atoms with Crippen molar-refractivity contribution in [1.29, 1.82) is 0 Å². The molecular formula is C12H14Cl2PTi. The van der Waals surface area contributed by atoms with Crippen molar-refractivity contribution in [2.24, 2.45) is 0 Å². The Bertz CT molecular complexity index is 405. The second-order valence-electron chi connectivity index (χ2n) is 3.64. The van der Waals surface area contributed by atoms with E-state index >= 15 is 0 Å². The summed E-state index contributed by atoms with van der Waals surface area (Å²) in [7, 11) is 0.861. The predicted octanol–water partition coefficient (Wildman–Crippen LogP) is -2.13. The number of aryl methyl sites for hydroxylation is 2. The summed E-state index contributed by atoms with van der Waals surface area (Å²) in [5.41, 5.74) is 4.34. The van der Waals surface area contributed by atoms with Gasteiger partial charge in [0.05, 0.1) is 0 Å². The van der Waals surface area contributed by atoms with Gasteiger partial charge in [-0.05, 0) is 13.3 Å². The zero-order valence-corrected chi connectivity index (χ0v) is 13.7. The summed E-state index contributed by atoms with van der Waals surface area (Å²) in [4.78, 5) is 0. The van der Waals surface area contributed by atoms with E-state index in [4.69, 9.17) is 0 Å². The van der Waals surface area contributed by atoms with Crippen molar-refractivity contribution in [3.63, 3.8) is 0 Å². The molecule has 0 saturated heterocycles. The van der Waals surface area contributed by atoms with E-state index in [1.54, 1.807) is 10.9 Å². The Hall–Kier alpha value is 0.554. The molecule has 1 aliphatic rings. The van der Waals surface area contributed by atoms with Crippen molar-refractivity contribution >= 4 is 13.8 Å². The van der Waals surface area contributed by atoms with E-state index < -0.39 is 0 Å².